The molecule has 0 aromatic carbocycles. The van der Waals surface area contributed by atoms with Crippen LogP contribution in [0.15, 0.2) is 0 Å². The molecule has 0 bridgehead atoms. The highest BCUT2D eigenvalue weighted by Crippen LogP contribution is 2.17. The number of hydrogen-bond acceptors (Lipinski definition) is 3. The average molecular weight is 258 g/mol. The summed E-state index contributed by atoms with van der Waals surface area (Å²) in [4.78, 5) is 2.72. The van der Waals surface area contributed by atoms with E-state index in [1.807, 2.05) is 11.8 Å². The van der Waals surface area contributed by atoms with Gasteiger partial charge in [0.1, 0.15) is 0 Å². The smallest absolute Gasteiger partial charge is 0.0218 e. The zero-order chi connectivity index (χ0) is 12.8. The van der Waals surface area contributed by atoms with E-state index in [0.717, 1.165) is 17.9 Å². The summed E-state index contributed by atoms with van der Waals surface area (Å²) in [5, 5.41) is 3.71. The van der Waals surface area contributed by atoms with Gasteiger partial charge < -0.3 is 5.32 Å². The molecule has 0 spiro atoms. The lowest BCUT2D eigenvalue weighted by molar-refractivity contribution is 0.0987. The van der Waals surface area contributed by atoms with E-state index in [1.54, 1.807) is 0 Å². The summed E-state index contributed by atoms with van der Waals surface area (Å²) in [7, 11) is 0. The second kappa shape index (κ2) is 7.65. The van der Waals surface area contributed by atoms with Crippen molar-refractivity contribution >= 4 is 11.8 Å². The van der Waals surface area contributed by atoms with E-state index in [-0.39, 0.29) is 0 Å². The quantitative estimate of drug-likeness (QED) is 0.788. The summed E-state index contributed by atoms with van der Waals surface area (Å²) >= 11 is 1.97. The third-order valence-corrected chi connectivity index (χ3v) is 4.74. The molecule has 1 heterocycles. The van der Waals surface area contributed by atoms with Crippen molar-refractivity contribution in [2.75, 3.05) is 31.6 Å². The molecule has 0 radical (unpaired) electrons. The van der Waals surface area contributed by atoms with Gasteiger partial charge in [-0.25, -0.2) is 0 Å². The molecule has 0 aromatic rings. The summed E-state index contributed by atoms with van der Waals surface area (Å²) in [5.74, 6) is 2.84. The molecule has 1 aliphatic heterocycles. The molecule has 1 saturated heterocycles. The minimum atomic E-state index is 0.680. The predicted octanol–water partition coefficient (Wildman–Crippen LogP) is 2.69. The number of hydrogen-bond donors (Lipinski definition) is 1. The molecule has 3 atom stereocenters. The SMILES string of the molecule is CCC1CNC(C(C)C)CN1CC(C)CSC. The average Bonchev–Trinajstić information content (AvgIpc) is 2.29. The molecule has 1 fully saturated rings. The topological polar surface area (TPSA) is 15.3 Å². The summed E-state index contributed by atoms with van der Waals surface area (Å²) in [6.45, 7) is 13.0. The fourth-order valence-electron chi connectivity index (χ4n) is 2.69. The van der Waals surface area contributed by atoms with Gasteiger partial charge in [0, 0.05) is 31.7 Å². The van der Waals surface area contributed by atoms with Crippen LogP contribution in [-0.4, -0.2) is 48.6 Å². The maximum atomic E-state index is 3.71. The Balaban J connectivity index is 2.50. The van der Waals surface area contributed by atoms with Gasteiger partial charge in [0.05, 0.1) is 0 Å². The summed E-state index contributed by atoms with van der Waals surface area (Å²) in [5.41, 5.74) is 0. The van der Waals surface area contributed by atoms with Gasteiger partial charge in [-0.1, -0.05) is 27.7 Å². The summed E-state index contributed by atoms with van der Waals surface area (Å²) in [6, 6.07) is 1.42. The highest BCUT2D eigenvalue weighted by Gasteiger charge is 2.28. The molecule has 17 heavy (non-hydrogen) atoms. The van der Waals surface area contributed by atoms with Crippen molar-refractivity contribution in [3.8, 4) is 0 Å². The van der Waals surface area contributed by atoms with Crippen molar-refractivity contribution in [2.45, 2.75) is 46.2 Å². The maximum absolute atomic E-state index is 3.71. The molecule has 1 rings (SSSR count). The second-order valence-corrected chi connectivity index (χ2v) is 6.75. The van der Waals surface area contributed by atoms with Crippen LogP contribution in [0.3, 0.4) is 0 Å². The molecule has 0 saturated carbocycles. The Morgan fingerprint density at radius 3 is 2.59 bits per heavy atom. The van der Waals surface area contributed by atoms with Crippen LogP contribution < -0.4 is 5.32 Å². The van der Waals surface area contributed by atoms with Crippen molar-refractivity contribution in [1.29, 1.82) is 0 Å². The van der Waals surface area contributed by atoms with E-state index >= 15 is 0 Å². The summed E-state index contributed by atoms with van der Waals surface area (Å²) in [6.07, 6.45) is 3.48. The Morgan fingerprint density at radius 1 is 1.35 bits per heavy atom. The third kappa shape index (κ3) is 4.80. The predicted molar refractivity (Wildman–Crippen MR) is 79.8 cm³/mol. The van der Waals surface area contributed by atoms with Crippen LogP contribution in [0.2, 0.25) is 0 Å². The first kappa shape index (κ1) is 15.3. The van der Waals surface area contributed by atoms with Gasteiger partial charge in [0.2, 0.25) is 0 Å². The van der Waals surface area contributed by atoms with Crippen LogP contribution in [0.5, 0.6) is 0 Å². The molecule has 3 heteroatoms. The van der Waals surface area contributed by atoms with E-state index < -0.39 is 0 Å². The molecule has 0 aliphatic carbocycles. The monoisotopic (exact) mass is 258 g/mol. The Hall–Kier alpha value is 0.270. The fourth-order valence-corrected chi connectivity index (χ4v) is 3.37. The van der Waals surface area contributed by atoms with Crippen molar-refractivity contribution < 1.29 is 0 Å². The van der Waals surface area contributed by atoms with E-state index in [9.17, 15) is 0 Å². The second-order valence-electron chi connectivity index (χ2n) is 5.84. The van der Waals surface area contributed by atoms with Crippen LogP contribution in [0.1, 0.15) is 34.1 Å². The van der Waals surface area contributed by atoms with Crippen molar-refractivity contribution in [3.05, 3.63) is 0 Å². The molecule has 1 aliphatic rings. The van der Waals surface area contributed by atoms with E-state index in [0.29, 0.717) is 6.04 Å². The molecular formula is C14H30N2S. The normalized spacial score (nSPS) is 28.6. The van der Waals surface area contributed by atoms with Gasteiger partial charge in [0.15, 0.2) is 0 Å². The van der Waals surface area contributed by atoms with Gasteiger partial charge in [0.25, 0.3) is 0 Å². The number of nitrogens with zero attached hydrogens (tertiary/aromatic N) is 1. The van der Waals surface area contributed by atoms with Crippen molar-refractivity contribution in [2.24, 2.45) is 11.8 Å². The van der Waals surface area contributed by atoms with E-state index in [4.69, 9.17) is 0 Å². The Morgan fingerprint density at radius 2 is 2.06 bits per heavy atom. The van der Waals surface area contributed by atoms with Crippen LogP contribution in [0.4, 0.5) is 0 Å². The zero-order valence-electron chi connectivity index (χ0n) is 12.2. The number of thioether (sulfide) groups is 1. The number of piperazine rings is 1. The highest BCUT2D eigenvalue weighted by molar-refractivity contribution is 7.98. The lowest BCUT2D eigenvalue weighted by atomic mass is 9.97. The molecule has 1 N–H and O–H groups in total. The largest absolute Gasteiger partial charge is 0.311 e. The van der Waals surface area contributed by atoms with Crippen LogP contribution in [0, 0.1) is 11.8 Å². The lowest BCUT2D eigenvalue weighted by Gasteiger charge is -2.42. The van der Waals surface area contributed by atoms with Crippen LogP contribution >= 0.6 is 11.8 Å². The van der Waals surface area contributed by atoms with Gasteiger partial charge in [-0.15, -0.1) is 0 Å². The van der Waals surface area contributed by atoms with E-state index in [2.05, 4.69) is 44.2 Å². The van der Waals surface area contributed by atoms with Gasteiger partial charge >= 0.3 is 0 Å². The first-order chi connectivity index (χ1) is 8.08. The minimum Gasteiger partial charge on any atom is -0.311 e. The highest BCUT2D eigenvalue weighted by atomic mass is 32.2. The molecule has 102 valence electrons. The first-order valence-electron chi connectivity index (χ1n) is 7.04. The van der Waals surface area contributed by atoms with Crippen molar-refractivity contribution in [3.63, 3.8) is 0 Å². The van der Waals surface area contributed by atoms with Crippen LogP contribution in [0.25, 0.3) is 0 Å². The number of rotatable bonds is 6. The minimum absolute atomic E-state index is 0.680. The van der Waals surface area contributed by atoms with Gasteiger partial charge in [-0.3, -0.25) is 4.90 Å². The zero-order valence-corrected chi connectivity index (χ0v) is 13.0. The molecule has 2 nitrogen and oxygen atoms in total. The fraction of sp³-hybridized carbons (Fsp3) is 1.00. The molecule has 0 aromatic heterocycles. The molecule has 3 unspecified atom stereocenters. The lowest BCUT2D eigenvalue weighted by Crippen LogP contribution is -2.58. The maximum Gasteiger partial charge on any atom is 0.0218 e. The Kier molecular flexibility index (Phi) is 6.90. The summed E-state index contributed by atoms with van der Waals surface area (Å²) < 4.78 is 0. The third-order valence-electron chi connectivity index (χ3n) is 3.84. The van der Waals surface area contributed by atoms with Crippen LogP contribution in [-0.2, 0) is 0 Å². The first-order valence-corrected chi connectivity index (χ1v) is 8.44. The standard InChI is InChI=1S/C14H30N2S/c1-6-13-7-15-14(11(2)3)9-16(13)8-12(4)10-17-5/h11-15H,6-10H2,1-5H3. The van der Waals surface area contributed by atoms with Gasteiger partial charge in [-0.05, 0) is 30.3 Å². The Bertz CT molecular complexity index is 208. The number of nitrogens with one attached hydrogen (secondary N) is 1. The molecule has 0 amide bonds. The van der Waals surface area contributed by atoms with Crippen molar-refractivity contribution in [1.82, 2.24) is 10.2 Å². The molecular weight excluding hydrogens is 228 g/mol. The Labute approximate surface area is 112 Å². The van der Waals surface area contributed by atoms with E-state index in [1.165, 1.54) is 31.8 Å². The van der Waals surface area contributed by atoms with Gasteiger partial charge in [-0.2, -0.15) is 11.8 Å².